The minimum atomic E-state index is 0.200. The first-order valence-corrected chi connectivity index (χ1v) is 9.27. The Morgan fingerprint density at radius 3 is 1.93 bits per heavy atom. The lowest BCUT2D eigenvalue weighted by Gasteiger charge is -2.07. The Balaban J connectivity index is 1.78. The Labute approximate surface area is 169 Å². The van der Waals surface area contributed by atoms with E-state index in [0.717, 1.165) is 33.5 Å². The molecular weight excluding hydrogens is 360 g/mol. The molecule has 0 unspecified atom stereocenters. The number of benzene rings is 4. The molecule has 0 heterocycles. The van der Waals surface area contributed by atoms with E-state index >= 15 is 0 Å². The minimum Gasteiger partial charge on any atom is -0.507 e. The van der Waals surface area contributed by atoms with Gasteiger partial charge in [0.15, 0.2) is 0 Å². The first-order chi connectivity index (χ1) is 14.3. The monoisotopic (exact) mass is 380 g/mol. The van der Waals surface area contributed by atoms with Gasteiger partial charge in [-0.25, -0.2) is 0 Å². The summed E-state index contributed by atoms with van der Waals surface area (Å²) in [5, 5.41) is 12.0. The largest absolute Gasteiger partial charge is 0.507 e. The van der Waals surface area contributed by atoms with Crippen molar-refractivity contribution in [1.82, 2.24) is 0 Å². The van der Waals surface area contributed by atoms with Gasteiger partial charge >= 0.3 is 0 Å². The van der Waals surface area contributed by atoms with E-state index in [9.17, 15) is 5.11 Å². The van der Waals surface area contributed by atoms with Crippen molar-refractivity contribution in [3.63, 3.8) is 0 Å². The molecule has 0 aliphatic carbocycles. The second kappa shape index (κ2) is 8.40. The first-order valence-electron chi connectivity index (χ1n) is 9.27. The van der Waals surface area contributed by atoms with E-state index < -0.39 is 0 Å². The van der Waals surface area contributed by atoms with E-state index in [4.69, 9.17) is 9.73 Å². The predicted molar refractivity (Wildman–Crippen MR) is 120 cm³/mol. The van der Waals surface area contributed by atoms with Gasteiger partial charge in [0.1, 0.15) is 11.5 Å². The molecule has 0 bridgehead atoms. The molecule has 0 saturated heterocycles. The van der Waals surface area contributed by atoms with Crippen LogP contribution in [0.15, 0.2) is 94.9 Å². The van der Waals surface area contributed by atoms with Crippen molar-refractivity contribution in [2.45, 2.75) is 0 Å². The van der Waals surface area contributed by atoms with E-state index in [0.29, 0.717) is 5.56 Å². The van der Waals surface area contributed by atoms with Crippen LogP contribution in [0.3, 0.4) is 0 Å². The third-order valence-electron chi connectivity index (χ3n) is 4.62. The molecule has 4 aromatic rings. The quantitative estimate of drug-likeness (QED) is 0.428. The van der Waals surface area contributed by atoms with E-state index in [1.54, 1.807) is 31.7 Å². The molecule has 4 nitrogen and oxygen atoms in total. The molecule has 0 fully saturated rings. The van der Waals surface area contributed by atoms with Crippen LogP contribution >= 0.6 is 0 Å². The van der Waals surface area contributed by atoms with Crippen LogP contribution in [0.25, 0.3) is 10.8 Å². The Morgan fingerprint density at radius 2 is 1.28 bits per heavy atom. The third kappa shape index (κ3) is 4.01. The molecule has 1 N–H and O–H groups in total. The fourth-order valence-corrected chi connectivity index (χ4v) is 3.16. The fraction of sp³-hybridized carbons (Fsp3) is 0.0400. The molecule has 29 heavy (non-hydrogen) atoms. The molecule has 4 rings (SSSR count). The molecule has 0 amide bonds. The second-order valence-corrected chi connectivity index (χ2v) is 6.47. The average Bonchev–Trinajstić information content (AvgIpc) is 2.77. The molecule has 0 atom stereocenters. The lowest BCUT2D eigenvalue weighted by molar-refractivity contribution is 0.414. The number of ether oxygens (including phenoxy) is 1. The summed E-state index contributed by atoms with van der Waals surface area (Å²) in [5.74, 6) is 0.972. The zero-order valence-corrected chi connectivity index (χ0v) is 16.0. The summed E-state index contributed by atoms with van der Waals surface area (Å²) in [6.45, 7) is 0. The van der Waals surface area contributed by atoms with E-state index in [2.05, 4.69) is 4.99 Å². The summed E-state index contributed by atoms with van der Waals surface area (Å²) in [6.07, 6.45) is 3.47. The maximum atomic E-state index is 9.99. The summed E-state index contributed by atoms with van der Waals surface area (Å²) in [4.78, 5) is 9.35. The molecule has 4 heteroatoms. The number of aromatic hydroxyl groups is 1. The van der Waals surface area contributed by atoms with Crippen molar-refractivity contribution in [3.8, 4) is 11.5 Å². The third-order valence-corrected chi connectivity index (χ3v) is 4.62. The maximum absolute atomic E-state index is 9.99. The zero-order chi connectivity index (χ0) is 20.1. The van der Waals surface area contributed by atoms with Crippen molar-refractivity contribution >= 4 is 34.6 Å². The fourth-order valence-electron chi connectivity index (χ4n) is 3.16. The lowest BCUT2D eigenvalue weighted by Crippen LogP contribution is -1.89. The topological polar surface area (TPSA) is 54.2 Å². The highest BCUT2D eigenvalue weighted by atomic mass is 16.5. The molecule has 0 aliphatic heterocycles. The SMILES string of the molecule is COc1ccccc1C=Nc1cccc2cccc(N=Cc3ccccc3O)c12. The van der Waals surface area contributed by atoms with E-state index in [1.165, 1.54) is 0 Å². The molecule has 0 aromatic heterocycles. The van der Waals surface area contributed by atoms with Crippen molar-refractivity contribution in [1.29, 1.82) is 0 Å². The first kappa shape index (κ1) is 18.4. The second-order valence-electron chi connectivity index (χ2n) is 6.47. The minimum absolute atomic E-state index is 0.200. The van der Waals surface area contributed by atoms with Gasteiger partial charge in [0.2, 0.25) is 0 Å². The van der Waals surface area contributed by atoms with E-state index in [1.807, 2.05) is 72.8 Å². The van der Waals surface area contributed by atoms with Gasteiger partial charge in [-0.3, -0.25) is 9.98 Å². The van der Waals surface area contributed by atoms with Crippen molar-refractivity contribution in [2.75, 3.05) is 7.11 Å². The van der Waals surface area contributed by atoms with Crippen molar-refractivity contribution in [2.24, 2.45) is 9.98 Å². The standard InChI is InChI=1S/C25H20N2O2/c1-29-24-15-5-3-9-20(24)17-27-22-13-7-11-18-10-6-12-21(25(18)22)26-16-19-8-2-4-14-23(19)28/h2-17,28H,1H3. The Morgan fingerprint density at radius 1 is 0.690 bits per heavy atom. The van der Waals surface area contributed by atoms with Crippen LogP contribution in [0.1, 0.15) is 11.1 Å². The van der Waals surface area contributed by atoms with Gasteiger partial charge in [-0.1, -0.05) is 48.5 Å². The number of para-hydroxylation sites is 2. The molecule has 0 spiro atoms. The van der Waals surface area contributed by atoms with Crippen LogP contribution in [0.2, 0.25) is 0 Å². The van der Waals surface area contributed by atoms with Gasteiger partial charge in [-0.15, -0.1) is 0 Å². The number of fused-ring (bicyclic) bond motifs is 1. The number of rotatable bonds is 5. The van der Waals surface area contributed by atoms with Crippen LogP contribution in [0, 0.1) is 0 Å². The summed E-state index contributed by atoms with van der Waals surface area (Å²) in [6, 6.07) is 26.8. The molecule has 0 radical (unpaired) electrons. The van der Waals surface area contributed by atoms with Crippen molar-refractivity contribution in [3.05, 3.63) is 96.1 Å². The Hall–Kier alpha value is -3.92. The van der Waals surface area contributed by atoms with Crippen LogP contribution in [0.4, 0.5) is 11.4 Å². The molecule has 0 aliphatic rings. The smallest absolute Gasteiger partial charge is 0.127 e. The normalized spacial score (nSPS) is 11.5. The van der Waals surface area contributed by atoms with Gasteiger partial charge in [-0.2, -0.15) is 0 Å². The molecular formula is C25H20N2O2. The summed E-state index contributed by atoms with van der Waals surface area (Å²) < 4.78 is 5.41. The molecule has 142 valence electrons. The van der Waals surface area contributed by atoms with Gasteiger partial charge in [0, 0.05) is 28.9 Å². The number of hydrogen-bond acceptors (Lipinski definition) is 4. The van der Waals surface area contributed by atoms with Crippen LogP contribution < -0.4 is 4.74 Å². The van der Waals surface area contributed by atoms with Gasteiger partial charge in [0.25, 0.3) is 0 Å². The summed E-state index contributed by atoms with van der Waals surface area (Å²) in [5.41, 5.74) is 3.18. The lowest BCUT2D eigenvalue weighted by atomic mass is 10.1. The van der Waals surface area contributed by atoms with Gasteiger partial charge in [-0.05, 0) is 41.8 Å². The Bertz CT molecular complexity index is 1210. The number of phenolic OH excluding ortho intramolecular Hbond substituents is 1. The van der Waals surface area contributed by atoms with Crippen molar-refractivity contribution < 1.29 is 9.84 Å². The van der Waals surface area contributed by atoms with E-state index in [-0.39, 0.29) is 5.75 Å². The van der Waals surface area contributed by atoms with Crippen LogP contribution in [-0.4, -0.2) is 24.6 Å². The van der Waals surface area contributed by atoms with Gasteiger partial charge < -0.3 is 9.84 Å². The highest BCUT2D eigenvalue weighted by Crippen LogP contribution is 2.34. The van der Waals surface area contributed by atoms with Gasteiger partial charge in [0.05, 0.1) is 18.5 Å². The predicted octanol–water partition coefficient (Wildman–Crippen LogP) is 6.06. The number of aliphatic imine (C=N–C) groups is 2. The maximum Gasteiger partial charge on any atom is 0.127 e. The molecule has 0 saturated carbocycles. The number of methoxy groups -OCH3 is 1. The number of hydrogen-bond donors (Lipinski definition) is 1. The average molecular weight is 380 g/mol. The van der Waals surface area contributed by atoms with Crippen LogP contribution in [0.5, 0.6) is 11.5 Å². The summed E-state index contributed by atoms with van der Waals surface area (Å²) >= 11 is 0. The zero-order valence-electron chi connectivity index (χ0n) is 16.0. The highest BCUT2D eigenvalue weighted by molar-refractivity contribution is 6.04. The molecule has 4 aromatic carbocycles. The van der Waals surface area contributed by atoms with Crippen LogP contribution in [-0.2, 0) is 0 Å². The number of nitrogens with zero attached hydrogens (tertiary/aromatic N) is 2. The highest BCUT2D eigenvalue weighted by Gasteiger charge is 2.06. The number of phenols is 1. The summed E-state index contributed by atoms with van der Waals surface area (Å²) in [7, 11) is 1.65. The Kier molecular flexibility index (Phi) is 5.34.